The maximum Gasteiger partial charge on any atom is 0.255 e. The van der Waals surface area contributed by atoms with Crippen LogP contribution in [0.3, 0.4) is 0 Å². The third-order valence-corrected chi connectivity index (χ3v) is 7.60. The van der Waals surface area contributed by atoms with E-state index in [1.807, 2.05) is 7.05 Å². The highest BCUT2D eigenvalue weighted by Gasteiger charge is 2.28. The van der Waals surface area contributed by atoms with Crippen LogP contribution in [0, 0.1) is 0 Å². The number of hydrogen-bond acceptors (Lipinski definition) is 5. The molecule has 1 N–H and O–H groups in total. The van der Waals surface area contributed by atoms with Crippen molar-refractivity contribution >= 4 is 33.2 Å². The molecule has 0 aromatic heterocycles. The van der Waals surface area contributed by atoms with Gasteiger partial charge in [0.15, 0.2) is 0 Å². The maximum absolute atomic E-state index is 13.0. The zero-order valence-electron chi connectivity index (χ0n) is 17.5. The number of anilines is 2. The number of carbonyl (C=O) groups is 2. The van der Waals surface area contributed by atoms with Crippen molar-refractivity contribution in [3.63, 3.8) is 0 Å². The van der Waals surface area contributed by atoms with E-state index in [2.05, 4.69) is 10.2 Å². The number of nitrogens with zero attached hydrogens (tertiary/aromatic N) is 3. The van der Waals surface area contributed by atoms with Crippen molar-refractivity contribution < 1.29 is 18.0 Å². The molecule has 0 bridgehead atoms. The summed E-state index contributed by atoms with van der Waals surface area (Å²) in [6.45, 7) is 2.93. The molecule has 0 saturated carbocycles. The molecule has 8 nitrogen and oxygen atoms in total. The van der Waals surface area contributed by atoms with Crippen molar-refractivity contribution in [2.45, 2.75) is 17.7 Å². The van der Waals surface area contributed by atoms with Gasteiger partial charge in [0.25, 0.3) is 5.91 Å². The topological polar surface area (TPSA) is 90.0 Å². The van der Waals surface area contributed by atoms with Crippen molar-refractivity contribution in [1.29, 1.82) is 0 Å². The third kappa shape index (κ3) is 4.63. The van der Waals surface area contributed by atoms with Crippen molar-refractivity contribution in [2.24, 2.45) is 0 Å². The predicted octanol–water partition coefficient (Wildman–Crippen LogP) is 2.00. The second kappa shape index (κ2) is 8.78. The molecule has 2 aromatic rings. The van der Waals surface area contributed by atoms with Crippen LogP contribution in [0.4, 0.5) is 11.4 Å². The van der Waals surface area contributed by atoms with Crippen molar-refractivity contribution in [3.05, 3.63) is 54.1 Å². The van der Waals surface area contributed by atoms with Gasteiger partial charge in [0.1, 0.15) is 0 Å². The quantitative estimate of drug-likeness (QED) is 0.765. The number of likely N-dealkylation sites (N-methyl/N-ethyl adjacent to an activating group) is 1. The molecule has 2 fully saturated rings. The Hall–Kier alpha value is -2.75. The van der Waals surface area contributed by atoms with E-state index in [-0.39, 0.29) is 22.3 Å². The Morgan fingerprint density at radius 1 is 0.968 bits per heavy atom. The number of rotatable bonds is 5. The summed E-state index contributed by atoms with van der Waals surface area (Å²) in [5, 5.41) is 2.79. The summed E-state index contributed by atoms with van der Waals surface area (Å²) in [4.78, 5) is 28.5. The molecule has 2 amide bonds. The highest BCUT2D eigenvalue weighted by atomic mass is 32.2. The van der Waals surface area contributed by atoms with Gasteiger partial charge in [-0.3, -0.25) is 9.59 Å². The highest BCUT2D eigenvalue weighted by Crippen LogP contribution is 2.24. The summed E-state index contributed by atoms with van der Waals surface area (Å²) in [6, 6.07) is 13.2. The number of benzene rings is 2. The monoisotopic (exact) mass is 442 g/mol. The average molecular weight is 443 g/mol. The van der Waals surface area contributed by atoms with Gasteiger partial charge in [-0.1, -0.05) is 6.07 Å². The number of carbonyl (C=O) groups excluding carboxylic acids is 2. The second-order valence-electron chi connectivity index (χ2n) is 7.89. The molecule has 2 aliphatic heterocycles. The van der Waals surface area contributed by atoms with Crippen LogP contribution in [-0.2, 0) is 14.8 Å². The van der Waals surface area contributed by atoms with Crippen LogP contribution in [0.25, 0.3) is 0 Å². The van der Waals surface area contributed by atoms with Gasteiger partial charge >= 0.3 is 0 Å². The van der Waals surface area contributed by atoms with E-state index in [0.29, 0.717) is 44.8 Å². The second-order valence-corrected chi connectivity index (χ2v) is 9.82. The van der Waals surface area contributed by atoms with Gasteiger partial charge in [-0.2, -0.15) is 4.31 Å². The lowest BCUT2D eigenvalue weighted by Crippen LogP contribution is -2.47. The molecule has 0 spiro atoms. The molecule has 164 valence electrons. The molecule has 0 radical (unpaired) electrons. The summed E-state index contributed by atoms with van der Waals surface area (Å²) in [6.07, 6.45) is 1.41. The van der Waals surface area contributed by atoms with Gasteiger partial charge in [0.05, 0.1) is 4.90 Å². The minimum atomic E-state index is -3.65. The van der Waals surface area contributed by atoms with Crippen LogP contribution >= 0.6 is 0 Å². The van der Waals surface area contributed by atoms with Gasteiger partial charge in [-0.05, 0) is 55.9 Å². The highest BCUT2D eigenvalue weighted by molar-refractivity contribution is 7.89. The average Bonchev–Trinajstić information content (AvgIpc) is 3.20. The van der Waals surface area contributed by atoms with Crippen molar-refractivity contribution in [1.82, 2.24) is 9.21 Å². The molecule has 31 heavy (non-hydrogen) atoms. The molecule has 4 rings (SSSR count). The van der Waals surface area contributed by atoms with Crippen molar-refractivity contribution in [2.75, 3.05) is 50.0 Å². The normalized spacial score (nSPS) is 18.4. The van der Waals surface area contributed by atoms with E-state index in [9.17, 15) is 18.0 Å². The van der Waals surface area contributed by atoms with E-state index in [1.54, 1.807) is 41.3 Å². The molecule has 2 heterocycles. The Bertz CT molecular complexity index is 1080. The van der Waals surface area contributed by atoms with Crippen LogP contribution in [0.1, 0.15) is 23.2 Å². The largest absolute Gasteiger partial charge is 0.322 e. The molecule has 2 aromatic carbocycles. The zero-order chi connectivity index (χ0) is 22.0. The van der Waals surface area contributed by atoms with Crippen LogP contribution in [-0.4, -0.2) is 69.2 Å². The number of piperazine rings is 1. The van der Waals surface area contributed by atoms with Gasteiger partial charge in [-0.25, -0.2) is 8.42 Å². The smallest absolute Gasteiger partial charge is 0.255 e. The molecule has 9 heteroatoms. The minimum Gasteiger partial charge on any atom is -0.322 e. The standard InChI is InChI=1S/C22H26N4O4S/c1-24-12-14-25(15-13-24)31(29,30)20-5-2-4-17(16-20)22(28)23-18-7-9-19(10-8-18)26-11-3-6-21(26)27/h2,4-5,7-10,16H,3,6,11-15H2,1H3,(H,23,28). The van der Waals surface area contributed by atoms with E-state index in [1.165, 1.54) is 16.4 Å². The Morgan fingerprint density at radius 3 is 2.32 bits per heavy atom. The lowest BCUT2D eigenvalue weighted by Gasteiger charge is -2.31. The van der Waals surface area contributed by atoms with Crippen LogP contribution in [0.2, 0.25) is 0 Å². The Labute approximate surface area is 182 Å². The number of nitrogens with one attached hydrogen (secondary N) is 1. The van der Waals surface area contributed by atoms with E-state index >= 15 is 0 Å². The Balaban J connectivity index is 1.46. The fourth-order valence-corrected chi connectivity index (χ4v) is 5.29. The maximum atomic E-state index is 13.0. The molecule has 0 aliphatic carbocycles. The summed E-state index contributed by atoms with van der Waals surface area (Å²) in [5.74, 6) is -0.282. The van der Waals surface area contributed by atoms with Gasteiger partial charge in [0.2, 0.25) is 15.9 Å². The van der Waals surface area contributed by atoms with E-state index in [4.69, 9.17) is 0 Å². The number of sulfonamides is 1. The fraction of sp³-hybridized carbons (Fsp3) is 0.364. The lowest BCUT2D eigenvalue weighted by molar-refractivity contribution is -0.117. The first-order valence-corrected chi connectivity index (χ1v) is 11.8. The summed E-state index contributed by atoms with van der Waals surface area (Å²) < 4.78 is 27.4. The lowest BCUT2D eigenvalue weighted by atomic mass is 10.2. The first-order chi connectivity index (χ1) is 14.8. The molecule has 0 unspecified atom stereocenters. The SMILES string of the molecule is CN1CCN(S(=O)(=O)c2cccc(C(=O)Nc3ccc(N4CCCC4=O)cc3)c2)CC1. The first kappa shape index (κ1) is 21.5. The summed E-state index contributed by atoms with van der Waals surface area (Å²) in [5.41, 5.74) is 1.66. The molecule has 2 saturated heterocycles. The summed E-state index contributed by atoms with van der Waals surface area (Å²) >= 11 is 0. The molecular weight excluding hydrogens is 416 g/mol. The first-order valence-electron chi connectivity index (χ1n) is 10.4. The molecule has 2 aliphatic rings. The minimum absolute atomic E-state index is 0.107. The Kier molecular flexibility index (Phi) is 6.08. The fourth-order valence-electron chi connectivity index (χ4n) is 3.82. The van der Waals surface area contributed by atoms with Gasteiger partial charge in [-0.15, -0.1) is 0 Å². The van der Waals surface area contributed by atoms with Gasteiger partial charge in [0, 0.05) is 56.1 Å². The molecular formula is C22H26N4O4S. The Morgan fingerprint density at radius 2 is 1.68 bits per heavy atom. The predicted molar refractivity (Wildman–Crippen MR) is 119 cm³/mol. The van der Waals surface area contributed by atoms with Gasteiger partial charge < -0.3 is 15.1 Å². The van der Waals surface area contributed by atoms with Crippen LogP contribution in [0.15, 0.2) is 53.4 Å². The van der Waals surface area contributed by atoms with Crippen LogP contribution in [0.5, 0.6) is 0 Å². The van der Waals surface area contributed by atoms with E-state index in [0.717, 1.165) is 12.1 Å². The number of amides is 2. The van der Waals surface area contributed by atoms with Crippen LogP contribution < -0.4 is 10.2 Å². The number of hydrogen-bond donors (Lipinski definition) is 1. The third-order valence-electron chi connectivity index (χ3n) is 5.71. The van der Waals surface area contributed by atoms with Crippen molar-refractivity contribution in [3.8, 4) is 0 Å². The molecule has 0 atom stereocenters. The van der Waals surface area contributed by atoms with E-state index < -0.39 is 10.0 Å². The zero-order valence-corrected chi connectivity index (χ0v) is 18.3. The summed E-state index contributed by atoms with van der Waals surface area (Å²) in [7, 11) is -1.68.